The summed E-state index contributed by atoms with van der Waals surface area (Å²) in [5.74, 6) is -0.142. The van der Waals surface area contributed by atoms with Gasteiger partial charge in [0, 0.05) is 19.1 Å². The number of rotatable bonds is 4. The van der Waals surface area contributed by atoms with Gasteiger partial charge in [0.25, 0.3) is 0 Å². The van der Waals surface area contributed by atoms with E-state index < -0.39 is 0 Å². The molecule has 0 bridgehead atoms. The Balaban J connectivity index is 2.06. The third-order valence-corrected chi connectivity index (χ3v) is 3.63. The summed E-state index contributed by atoms with van der Waals surface area (Å²) in [5.41, 5.74) is 2.29. The summed E-state index contributed by atoms with van der Waals surface area (Å²) in [6.07, 6.45) is 1.22. The van der Waals surface area contributed by atoms with Crippen molar-refractivity contribution in [3.63, 3.8) is 0 Å². The standard InChI is InChI=1S/C14H21FN2/c1-3-17(14-6-7-16-9-14)10-12-4-5-13(15)8-11(12)2/h4-5,8,14,16H,3,6-7,9-10H2,1-2H3. The lowest BCUT2D eigenvalue weighted by molar-refractivity contribution is 0.210. The first-order valence-electron chi connectivity index (χ1n) is 6.40. The Morgan fingerprint density at radius 3 is 2.88 bits per heavy atom. The molecule has 0 radical (unpaired) electrons. The second kappa shape index (κ2) is 5.61. The predicted octanol–water partition coefficient (Wildman–Crippen LogP) is 2.32. The Hall–Kier alpha value is -0.930. The van der Waals surface area contributed by atoms with Gasteiger partial charge in [-0.2, -0.15) is 0 Å². The highest BCUT2D eigenvalue weighted by molar-refractivity contribution is 5.26. The van der Waals surface area contributed by atoms with Gasteiger partial charge in [-0.3, -0.25) is 4.90 Å². The summed E-state index contributed by atoms with van der Waals surface area (Å²) in [5, 5.41) is 3.39. The first-order chi connectivity index (χ1) is 8.20. The minimum absolute atomic E-state index is 0.142. The van der Waals surface area contributed by atoms with E-state index in [1.165, 1.54) is 12.0 Å². The van der Waals surface area contributed by atoms with E-state index in [1.807, 2.05) is 13.0 Å². The van der Waals surface area contributed by atoms with Crippen molar-refractivity contribution in [1.82, 2.24) is 10.2 Å². The molecule has 1 atom stereocenters. The summed E-state index contributed by atoms with van der Waals surface area (Å²) in [6, 6.07) is 5.72. The zero-order valence-electron chi connectivity index (χ0n) is 10.7. The molecule has 1 fully saturated rings. The number of nitrogens with one attached hydrogen (secondary N) is 1. The summed E-state index contributed by atoms with van der Waals surface area (Å²) in [4.78, 5) is 2.47. The number of halogens is 1. The number of nitrogens with zero attached hydrogens (tertiary/aromatic N) is 1. The van der Waals surface area contributed by atoms with Crippen LogP contribution in [0.3, 0.4) is 0 Å². The van der Waals surface area contributed by atoms with Crippen molar-refractivity contribution in [2.75, 3.05) is 19.6 Å². The highest BCUT2D eigenvalue weighted by Crippen LogP contribution is 2.16. The molecule has 0 aliphatic carbocycles. The Labute approximate surface area is 103 Å². The van der Waals surface area contributed by atoms with Gasteiger partial charge in [-0.15, -0.1) is 0 Å². The van der Waals surface area contributed by atoms with Crippen molar-refractivity contribution in [1.29, 1.82) is 0 Å². The van der Waals surface area contributed by atoms with Crippen LogP contribution in [0, 0.1) is 12.7 Å². The number of hydrogen-bond donors (Lipinski definition) is 1. The van der Waals surface area contributed by atoms with Crippen molar-refractivity contribution in [3.05, 3.63) is 35.1 Å². The molecule has 2 nitrogen and oxygen atoms in total. The summed E-state index contributed by atoms with van der Waals surface area (Å²) >= 11 is 0. The SMILES string of the molecule is CCN(Cc1ccc(F)cc1C)C1CCNC1. The molecule has 1 aliphatic heterocycles. The molecule has 0 saturated carbocycles. The topological polar surface area (TPSA) is 15.3 Å². The van der Waals surface area contributed by atoms with Crippen molar-refractivity contribution in [2.24, 2.45) is 0 Å². The highest BCUT2D eigenvalue weighted by atomic mass is 19.1. The van der Waals surface area contributed by atoms with Gasteiger partial charge in [-0.05, 0) is 49.7 Å². The second-order valence-corrected chi connectivity index (χ2v) is 4.78. The van der Waals surface area contributed by atoms with Gasteiger partial charge < -0.3 is 5.32 Å². The maximum atomic E-state index is 13.0. The fourth-order valence-corrected chi connectivity index (χ4v) is 2.51. The molecular formula is C14H21FN2. The first-order valence-corrected chi connectivity index (χ1v) is 6.40. The number of hydrogen-bond acceptors (Lipinski definition) is 2. The van der Waals surface area contributed by atoms with Gasteiger partial charge >= 0.3 is 0 Å². The molecule has 1 unspecified atom stereocenters. The largest absolute Gasteiger partial charge is 0.315 e. The zero-order chi connectivity index (χ0) is 12.3. The van der Waals surface area contributed by atoms with Crippen molar-refractivity contribution in [2.45, 2.75) is 32.9 Å². The van der Waals surface area contributed by atoms with Crippen LogP contribution in [0.25, 0.3) is 0 Å². The lowest BCUT2D eigenvalue weighted by Crippen LogP contribution is -2.36. The summed E-state index contributed by atoms with van der Waals surface area (Å²) in [7, 11) is 0. The molecule has 3 heteroatoms. The molecule has 0 spiro atoms. The normalized spacial score (nSPS) is 20.1. The summed E-state index contributed by atoms with van der Waals surface area (Å²) < 4.78 is 13.0. The van der Waals surface area contributed by atoms with Crippen LogP contribution in [0.1, 0.15) is 24.5 Å². The van der Waals surface area contributed by atoms with Crippen LogP contribution in [0.2, 0.25) is 0 Å². The van der Waals surface area contributed by atoms with Gasteiger partial charge in [0.05, 0.1) is 0 Å². The molecular weight excluding hydrogens is 215 g/mol. The van der Waals surface area contributed by atoms with Gasteiger partial charge in [0.1, 0.15) is 5.82 Å². The Bertz CT molecular complexity index is 372. The first kappa shape index (κ1) is 12.5. The van der Waals surface area contributed by atoms with Gasteiger partial charge in [0.15, 0.2) is 0 Å². The zero-order valence-corrected chi connectivity index (χ0v) is 10.7. The Morgan fingerprint density at radius 2 is 2.29 bits per heavy atom. The predicted molar refractivity (Wildman–Crippen MR) is 68.5 cm³/mol. The maximum absolute atomic E-state index is 13.0. The molecule has 2 rings (SSSR count). The van der Waals surface area contributed by atoms with Crippen molar-refractivity contribution < 1.29 is 4.39 Å². The van der Waals surface area contributed by atoms with E-state index in [9.17, 15) is 4.39 Å². The molecule has 1 saturated heterocycles. The van der Waals surface area contributed by atoms with E-state index in [-0.39, 0.29) is 5.82 Å². The fraction of sp³-hybridized carbons (Fsp3) is 0.571. The monoisotopic (exact) mass is 236 g/mol. The van der Waals surface area contributed by atoms with Gasteiger partial charge in [0.2, 0.25) is 0 Å². The molecule has 0 aromatic heterocycles. The van der Waals surface area contributed by atoms with Crippen LogP contribution in [-0.4, -0.2) is 30.6 Å². The van der Waals surface area contributed by atoms with Crippen LogP contribution >= 0.6 is 0 Å². The van der Waals surface area contributed by atoms with E-state index in [0.717, 1.165) is 31.7 Å². The van der Waals surface area contributed by atoms with Crippen molar-refractivity contribution >= 4 is 0 Å². The van der Waals surface area contributed by atoms with Crippen LogP contribution in [0.4, 0.5) is 4.39 Å². The van der Waals surface area contributed by atoms with Crippen LogP contribution in [-0.2, 0) is 6.54 Å². The maximum Gasteiger partial charge on any atom is 0.123 e. The average molecular weight is 236 g/mol. The van der Waals surface area contributed by atoms with E-state index >= 15 is 0 Å². The molecule has 1 aromatic carbocycles. The number of benzene rings is 1. The quantitative estimate of drug-likeness (QED) is 0.863. The summed E-state index contributed by atoms with van der Waals surface area (Å²) in [6.45, 7) is 8.34. The van der Waals surface area contributed by atoms with E-state index in [4.69, 9.17) is 0 Å². The van der Waals surface area contributed by atoms with Gasteiger partial charge in [-0.25, -0.2) is 4.39 Å². The van der Waals surface area contributed by atoms with E-state index in [0.29, 0.717) is 6.04 Å². The van der Waals surface area contributed by atoms with E-state index in [2.05, 4.69) is 17.1 Å². The third kappa shape index (κ3) is 3.05. The molecule has 1 heterocycles. The average Bonchev–Trinajstić information content (AvgIpc) is 2.81. The second-order valence-electron chi connectivity index (χ2n) is 4.78. The molecule has 1 N–H and O–H groups in total. The molecule has 1 aliphatic rings. The molecule has 1 aromatic rings. The van der Waals surface area contributed by atoms with Crippen LogP contribution in [0.15, 0.2) is 18.2 Å². The van der Waals surface area contributed by atoms with E-state index in [1.54, 1.807) is 12.1 Å². The molecule has 0 amide bonds. The minimum atomic E-state index is -0.142. The highest BCUT2D eigenvalue weighted by Gasteiger charge is 2.21. The smallest absolute Gasteiger partial charge is 0.123 e. The molecule has 17 heavy (non-hydrogen) atoms. The third-order valence-electron chi connectivity index (χ3n) is 3.63. The van der Waals surface area contributed by atoms with Crippen LogP contribution < -0.4 is 5.32 Å². The molecule has 94 valence electrons. The minimum Gasteiger partial charge on any atom is -0.315 e. The van der Waals surface area contributed by atoms with Crippen molar-refractivity contribution in [3.8, 4) is 0 Å². The lowest BCUT2D eigenvalue weighted by Gasteiger charge is -2.27. The fourth-order valence-electron chi connectivity index (χ4n) is 2.51. The van der Waals surface area contributed by atoms with Gasteiger partial charge in [-0.1, -0.05) is 13.0 Å². The number of aryl methyl sites for hydroxylation is 1. The Morgan fingerprint density at radius 1 is 1.47 bits per heavy atom. The van der Waals surface area contributed by atoms with Crippen LogP contribution in [0.5, 0.6) is 0 Å². The lowest BCUT2D eigenvalue weighted by atomic mass is 10.1. The number of likely N-dealkylation sites (N-methyl/N-ethyl adjacent to an activating group) is 1. The Kier molecular flexibility index (Phi) is 4.13.